The van der Waals surface area contributed by atoms with Crippen molar-refractivity contribution in [1.29, 1.82) is 0 Å². The molecule has 1 aliphatic heterocycles. The van der Waals surface area contributed by atoms with Crippen molar-refractivity contribution in [3.63, 3.8) is 0 Å². The van der Waals surface area contributed by atoms with Crippen molar-refractivity contribution >= 4 is 23.2 Å². The molecule has 1 atom stereocenters. The van der Waals surface area contributed by atoms with E-state index < -0.39 is 0 Å². The van der Waals surface area contributed by atoms with Crippen LogP contribution in [-0.2, 0) is 14.3 Å². The maximum absolute atomic E-state index is 13.2. The van der Waals surface area contributed by atoms with Crippen LogP contribution in [0.2, 0.25) is 0 Å². The lowest BCUT2D eigenvalue weighted by atomic mass is 10.0. The summed E-state index contributed by atoms with van der Waals surface area (Å²) in [5.74, 6) is -0.548. The topological polar surface area (TPSA) is 58.6 Å². The summed E-state index contributed by atoms with van der Waals surface area (Å²) >= 11 is 1.52. The molecule has 3 rings (SSSR count). The quantitative estimate of drug-likeness (QED) is 0.843. The Morgan fingerprint density at radius 1 is 1.15 bits per heavy atom. The van der Waals surface area contributed by atoms with Gasteiger partial charge in [0.15, 0.2) is 0 Å². The summed E-state index contributed by atoms with van der Waals surface area (Å²) in [4.78, 5) is 27.3. The highest BCUT2D eigenvalue weighted by molar-refractivity contribution is 7.10. The van der Waals surface area contributed by atoms with E-state index in [1.54, 1.807) is 17.0 Å². The van der Waals surface area contributed by atoms with Gasteiger partial charge in [-0.25, -0.2) is 4.39 Å². The summed E-state index contributed by atoms with van der Waals surface area (Å²) in [5.41, 5.74) is 0.807. The Bertz CT molecular complexity index is 728. The zero-order chi connectivity index (χ0) is 18.4. The lowest BCUT2D eigenvalue weighted by molar-refractivity contribution is -0.137. The lowest BCUT2D eigenvalue weighted by Gasteiger charge is -2.27. The molecule has 7 heteroatoms. The number of carbonyl (C=O) groups excluding carboxylic acids is 2. The number of nitrogens with zero attached hydrogens (tertiary/aromatic N) is 1. The normalized spacial score (nSPS) is 15.5. The second-order valence-corrected chi connectivity index (χ2v) is 7.04. The van der Waals surface area contributed by atoms with Crippen molar-refractivity contribution in [1.82, 2.24) is 10.2 Å². The molecule has 2 amide bonds. The van der Waals surface area contributed by atoms with Gasteiger partial charge < -0.3 is 15.0 Å². The van der Waals surface area contributed by atoms with E-state index in [1.165, 1.54) is 23.5 Å². The second kappa shape index (κ2) is 8.91. The third-order valence-corrected chi connectivity index (χ3v) is 5.20. The molecule has 1 N–H and O–H groups in total. The van der Waals surface area contributed by atoms with Gasteiger partial charge in [0, 0.05) is 30.8 Å². The van der Waals surface area contributed by atoms with Gasteiger partial charge in [-0.1, -0.05) is 18.2 Å². The zero-order valence-corrected chi connectivity index (χ0v) is 15.1. The zero-order valence-electron chi connectivity index (χ0n) is 14.3. The Balaban J connectivity index is 1.60. The van der Waals surface area contributed by atoms with Crippen LogP contribution in [0.4, 0.5) is 4.39 Å². The highest BCUT2D eigenvalue weighted by Crippen LogP contribution is 2.26. The molecule has 0 saturated carbocycles. The average molecular weight is 376 g/mol. The van der Waals surface area contributed by atoms with Gasteiger partial charge in [0.25, 0.3) is 0 Å². The first-order valence-corrected chi connectivity index (χ1v) is 9.45. The predicted octanol–water partition coefficient (Wildman–Crippen LogP) is 2.73. The number of rotatable bonds is 6. The van der Waals surface area contributed by atoms with Gasteiger partial charge in [-0.15, -0.1) is 11.3 Å². The van der Waals surface area contributed by atoms with E-state index >= 15 is 0 Å². The number of benzene rings is 1. The van der Waals surface area contributed by atoms with Gasteiger partial charge in [-0.3, -0.25) is 9.59 Å². The molecule has 2 heterocycles. The van der Waals surface area contributed by atoms with Gasteiger partial charge in [0.1, 0.15) is 5.82 Å². The van der Waals surface area contributed by atoms with Crippen molar-refractivity contribution in [2.24, 2.45) is 0 Å². The van der Waals surface area contributed by atoms with Crippen molar-refractivity contribution in [3.8, 4) is 0 Å². The SMILES string of the molecule is O=C(CCC(=O)N1CCOCC1)NC(c1ccc(F)cc1)c1cccs1. The highest BCUT2D eigenvalue weighted by atomic mass is 32.1. The van der Waals surface area contributed by atoms with Crippen molar-refractivity contribution in [2.75, 3.05) is 26.3 Å². The Hall–Kier alpha value is -2.25. The molecule has 0 bridgehead atoms. The van der Waals surface area contributed by atoms with E-state index in [0.29, 0.717) is 26.3 Å². The van der Waals surface area contributed by atoms with Crippen LogP contribution in [-0.4, -0.2) is 43.0 Å². The van der Waals surface area contributed by atoms with Crippen LogP contribution in [0.25, 0.3) is 0 Å². The monoisotopic (exact) mass is 376 g/mol. The average Bonchev–Trinajstić information content (AvgIpc) is 3.20. The number of halogens is 1. The van der Waals surface area contributed by atoms with E-state index in [1.807, 2.05) is 17.5 Å². The van der Waals surface area contributed by atoms with Crippen LogP contribution in [0.5, 0.6) is 0 Å². The third-order valence-electron chi connectivity index (χ3n) is 4.27. The molecular weight excluding hydrogens is 355 g/mol. The largest absolute Gasteiger partial charge is 0.378 e. The second-order valence-electron chi connectivity index (χ2n) is 6.06. The van der Waals surface area contributed by atoms with Crippen LogP contribution < -0.4 is 5.32 Å². The summed E-state index contributed by atoms with van der Waals surface area (Å²) in [6.07, 6.45) is 0.297. The van der Waals surface area contributed by atoms with E-state index in [-0.39, 0.29) is 36.5 Å². The van der Waals surface area contributed by atoms with E-state index in [2.05, 4.69) is 5.32 Å². The molecule has 1 saturated heterocycles. The first kappa shape index (κ1) is 18.5. The van der Waals surface area contributed by atoms with Crippen LogP contribution >= 0.6 is 11.3 Å². The van der Waals surface area contributed by atoms with Crippen LogP contribution in [0, 0.1) is 5.82 Å². The van der Waals surface area contributed by atoms with E-state index in [0.717, 1.165) is 10.4 Å². The first-order valence-electron chi connectivity index (χ1n) is 8.57. The fourth-order valence-corrected chi connectivity index (χ4v) is 3.66. The molecule has 0 spiro atoms. The summed E-state index contributed by atoms with van der Waals surface area (Å²) in [5, 5.41) is 4.90. The fraction of sp³-hybridized carbons (Fsp3) is 0.368. The van der Waals surface area contributed by atoms with Gasteiger partial charge in [-0.2, -0.15) is 0 Å². The fourth-order valence-electron chi connectivity index (χ4n) is 2.85. The first-order chi connectivity index (χ1) is 12.6. The Morgan fingerprint density at radius 3 is 2.54 bits per heavy atom. The Kier molecular flexibility index (Phi) is 6.35. The Labute approximate surface area is 155 Å². The molecule has 1 fully saturated rings. The van der Waals surface area contributed by atoms with Gasteiger partial charge in [0.2, 0.25) is 11.8 Å². The van der Waals surface area contributed by atoms with Crippen LogP contribution in [0.1, 0.15) is 29.3 Å². The predicted molar refractivity (Wildman–Crippen MR) is 97.3 cm³/mol. The molecule has 1 unspecified atom stereocenters. The standard InChI is InChI=1S/C19H21FN2O3S/c20-15-5-3-14(4-6-15)19(16-2-1-13-26-16)21-17(23)7-8-18(24)22-9-11-25-12-10-22/h1-6,13,19H,7-12H2,(H,21,23). The van der Waals surface area contributed by atoms with Crippen LogP contribution in [0.15, 0.2) is 41.8 Å². The molecule has 26 heavy (non-hydrogen) atoms. The summed E-state index contributed by atoms with van der Waals surface area (Å²) in [7, 11) is 0. The van der Waals surface area contributed by atoms with Crippen molar-refractivity contribution in [3.05, 3.63) is 58.0 Å². The lowest BCUT2D eigenvalue weighted by Crippen LogP contribution is -2.41. The molecule has 1 aromatic heterocycles. The van der Waals surface area contributed by atoms with Gasteiger partial charge >= 0.3 is 0 Å². The minimum Gasteiger partial charge on any atom is -0.378 e. The summed E-state index contributed by atoms with van der Waals surface area (Å²) in [6, 6.07) is 9.58. The van der Waals surface area contributed by atoms with Gasteiger partial charge in [0.05, 0.1) is 19.3 Å². The number of amides is 2. The molecule has 0 aliphatic carbocycles. The summed E-state index contributed by atoms with van der Waals surface area (Å²) < 4.78 is 18.4. The van der Waals surface area contributed by atoms with E-state index in [4.69, 9.17) is 4.74 Å². The minimum absolute atomic E-state index is 0.0297. The molecule has 5 nitrogen and oxygen atoms in total. The highest BCUT2D eigenvalue weighted by Gasteiger charge is 2.21. The van der Waals surface area contributed by atoms with Crippen molar-refractivity contribution in [2.45, 2.75) is 18.9 Å². The Morgan fingerprint density at radius 2 is 1.88 bits per heavy atom. The minimum atomic E-state index is -0.346. The molecule has 1 aromatic carbocycles. The molecule has 138 valence electrons. The maximum Gasteiger partial charge on any atom is 0.223 e. The summed E-state index contributed by atoms with van der Waals surface area (Å²) in [6.45, 7) is 2.24. The van der Waals surface area contributed by atoms with Crippen LogP contribution in [0.3, 0.4) is 0 Å². The van der Waals surface area contributed by atoms with Gasteiger partial charge in [-0.05, 0) is 29.1 Å². The number of carbonyl (C=O) groups is 2. The third kappa shape index (κ3) is 4.89. The number of hydrogen-bond donors (Lipinski definition) is 1. The molecule has 1 aliphatic rings. The maximum atomic E-state index is 13.2. The number of morpholine rings is 1. The number of nitrogens with one attached hydrogen (secondary N) is 1. The molecular formula is C19H21FN2O3S. The smallest absolute Gasteiger partial charge is 0.223 e. The number of ether oxygens (including phenoxy) is 1. The molecule has 2 aromatic rings. The van der Waals surface area contributed by atoms with Crippen molar-refractivity contribution < 1.29 is 18.7 Å². The number of hydrogen-bond acceptors (Lipinski definition) is 4. The van der Waals surface area contributed by atoms with E-state index in [9.17, 15) is 14.0 Å². The molecule has 0 radical (unpaired) electrons. The number of thiophene rings is 1.